The first-order chi connectivity index (χ1) is 6.27. The fourth-order valence-electron chi connectivity index (χ4n) is 1.97. The van der Waals surface area contributed by atoms with E-state index in [9.17, 15) is 0 Å². The Morgan fingerprint density at radius 2 is 2.00 bits per heavy atom. The lowest BCUT2D eigenvalue weighted by Crippen LogP contribution is -1.99. The van der Waals surface area contributed by atoms with Crippen LogP contribution in [0.4, 0.5) is 5.69 Å². The number of hydrogen-bond donors (Lipinski definition) is 0. The molecular weight excluding hydrogens is 158 g/mol. The van der Waals surface area contributed by atoms with Gasteiger partial charge in [-0.15, -0.1) is 0 Å². The molecule has 1 nitrogen and oxygen atoms in total. The highest BCUT2D eigenvalue weighted by molar-refractivity contribution is 5.68. The van der Waals surface area contributed by atoms with Crippen LogP contribution in [-0.2, 0) is 0 Å². The van der Waals surface area contributed by atoms with Gasteiger partial charge in [0.05, 0.1) is 5.69 Å². The van der Waals surface area contributed by atoms with Crippen LogP contribution in [0.2, 0.25) is 0 Å². The van der Waals surface area contributed by atoms with Crippen LogP contribution in [0.5, 0.6) is 0 Å². The summed E-state index contributed by atoms with van der Waals surface area (Å²) in [6.07, 6.45) is 3.28. The average Bonchev–Trinajstić information content (AvgIpc) is 2.27. The fraction of sp³-hybridized carbons (Fsp3) is 0.417. The molecule has 0 saturated carbocycles. The van der Waals surface area contributed by atoms with Crippen LogP contribution in [-0.4, -0.2) is 6.21 Å². The van der Waals surface area contributed by atoms with Crippen molar-refractivity contribution < 1.29 is 0 Å². The second-order valence-electron chi connectivity index (χ2n) is 3.95. The van der Waals surface area contributed by atoms with Crippen molar-refractivity contribution >= 4 is 11.9 Å². The molecule has 2 unspecified atom stereocenters. The van der Waals surface area contributed by atoms with Gasteiger partial charge in [-0.05, 0) is 29.9 Å². The van der Waals surface area contributed by atoms with Gasteiger partial charge in [-0.3, -0.25) is 4.99 Å². The molecule has 0 aromatic heterocycles. The number of rotatable bonds is 0. The maximum Gasteiger partial charge on any atom is 0.0660 e. The summed E-state index contributed by atoms with van der Waals surface area (Å²) in [5.74, 6) is 1.23. The summed E-state index contributed by atoms with van der Waals surface area (Å²) in [6.45, 7) is 4.51. The van der Waals surface area contributed by atoms with Crippen molar-refractivity contribution in [3.63, 3.8) is 0 Å². The van der Waals surface area contributed by atoms with Gasteiger partial charge < -0.3 is 0 Å². The van der Waals surface area contributed by atoms with Crippen LogP contribution in [0.25, 0.3) is 0 Å². The molecule has 1 aliphatic heterocycles. The Hall–Kier alpha value is -1.11. The van der Waals surface area contributed by atoms with E-state index in [1.165, 1.54) is 12.0 Å². The maximum atomic E-state index is 4.49. The Morgan fingerprint density at radius 3 is 2.85 bits per heavy atom. The largest absolute Gasteiger partial charge is 0.261 e. The SMILES string of the molecule is CC1C=Nc2ccccc2C(C)C1. The first kappa shape index (κ1) is 8.49. The normalized spacial score (nSPS) is 26.6. The van der Waals surface area contributed by atoms with E-state index in [0.29, 0.717) is 11.8 Å². The summed E-state index contributed by atoms with van der Waals surface area (Å²) in [6, 6.07) is 8.44. The molecule has 68 valence electrons. The fourth-order valence-corrected chi connectivity index (χ4v) is 1.97. The molecule has 1 aliphatic rings. The van der Waals surface area contributed by atoms with Crippen LogP contribution < -0.4 is 0 Å². The van der Waals surface area contributed by atoms with Gasteiger partial charge in [-0.25, -0.2) is 0 Å². The molecule has 0 saturated heterocycles. The van der Waals surface area contributed by atoms with Gasteiger partial charge in [-0.2, -0.15) is 0 Å². The topological polar surface area (TPSA) is 12.4 Å². The summed E-state index contributed by atoms with van der Waals surface area (Å²) in [7, 11) is 0. The molecule has 2 atom stereocenters. The van der Waals surface area contributed by atoms with Gasteiger partial charge in [-0.1, -0.05) is 32.0 Å². The lowest BCUT2D eigenvalue weighted by molar-refractivity contribution is 0.606. The summed E-state index contributed by atoms with van der Waals surface area (Å²) >= 11 is 0. The van der Waals surface area contributed by atoms with E-state index in [2.05, 4.69) is 49.3 Å². The van der Waals surface area contributed by atoms with E-state index in [0.717, 1.165) is 5.69 Å². The number of fused-ring (bicyclic) bond motifs is 1. The van der Waals surface area contributed by atoms with Gasteiger partial charge in [0.2, 0.25) is 0 Å². The monoisotopic (exact) mass is 173 g/mol. The number of benzene rings is 1. The van der Waals surface area contributed by atoms with Crippen LogP contribution in [0.1, 0.15) is 31.7 Å². The molecule has 0 amide bonds. The van der Waals surface area contributed by atoms with Crippen molar-refractivity contribution in [1.29, 1.82) is 0 Å². The number of aliphatic imine (C=N–C) groups is 1. The minimum atomic E-state index is 0.599. The third kappa shape index (κ3) is 1.64. The number of para-hydroxylation sites is 1. The van der Waals surface area contributed by atoms with Gasteiger partial charge in [0.25, 0.3) is 0 Å². The number of hydrogen-bond acceptors (Lipinski definition) is 1. The zero-order valence-corrected chi connectivity index (χ0v) is 8.20. The van der Waals surface area contributed by atoms with Crippen LogP contribution in [0.3, 0.4) is 0 Å². The van der Waals surface area contributed by atoms with Crippen molar-refractivity contribution in [3.05, 3.63) is 29.8 Å². The van der Waals surface area contributed by atoms with E-state index >= 15 is 0 Å². The van der Waals surface area contributed by atoms with Gasteiger partial charge in [0, 0.05) is 6.21 Å². The minimum Gasteiger partial charge on any atom is -0.261 e. The predicted octanol–water partition coefficient (Wildman–Crippen LogP) is 3.53. The zero-order chi connectivity index (χ0) is 9.26. The second kappa shape index (κ2) is 3.33. The summed E-state index contributed by atoms with van der Waals surface area (Å²) < 4.78 is 0. The molecule has 1 heteroatoms. The van der Waals surface area contributed by atoms with Crippen LogP contribution in [0, 0.1) is 5.92 Å². The molecule has 0 radical (unpaired) electrons. The van der Waals surface area contributed by atoms with E-state index in [4.69, 9.17) is 0 Å². The summed E-state index contributed by atoms with van der Waals surface area (Å²) in [5, 5.41) is 0. The molecule has 13 heavy (non-hydrogen) atoms. The smallest absolute Gasteiger partial charge is 0.0660 e. The minimum absolute atomic E-state index is 0.599. The van der Waals surface area contributed by atoms with Crippen molar-refractivity contribution in [2.24, 2.45) is 10.9 Å². The molecule has 0 fully saturated rings. The lowest BCUT2D eigenvalue weighted by Gasteiger charge is -2.12. The zero-order valence-electron chi connectivity index (χ0n) is 8.20. The van der Waals surface area contributed by atoms with Crippen LogP contribution in [0.15, 0.2) is 29.3 Å². The lowest BCUT2D eigenvalue weighted by atomic mass is 9.92. The highest BCUT2D eigenvalue weighted by atomic mass is 14.7. The average molecular weight is 173 g/mol. The highest BCUT2D eigenvalue weighted by Crippen LogP contribution is 2.33. The number of nitrogens with zero attached hydrogens (tertiary/aromatic N) is 1. The molecular formula is C12H15N. The Kier molecular flexibility index (Phi) is 2.17. The highest BCUT2D eigenvalue weighted by Gasteiger charge is 2.15. The van der Waals surface area contributed by atoms with E-state index in [1.807, 2.05) is 0 Å². The van der Waals surface area contributed by atoms with E-state index in [1.54, 1.807) is 0 Å². The molecule has 0 aliphatic carbocycles. The Bertz CT molecular complexity index is 328. The molecule has 0 bridgehead atoms. The molecule has 1 aromatic rings. The van der Waals surface area contributed by atoms with Crippen molar-refractivity contribution in [3.8, 4) is 0 Å². The summed E-state index contributed by atoms with van der Waals surface area (Å²) in [4.78, 5) is 4.49. The predicted molar refractivity (Wildman–Crippen MR) is 56.8 cm³/mol. The quantitative estimate of drug-likeness (QED) is 0.569. The van der Waals surface area contributed by atoms with Crippen molar-refractivity contribution in [1.82, 2.24) is 0 Å². The van der Waals surface area contributed by atoms with Gasteiger partial charge in [0.15, 0.2) is 0 Å². The molecule has 2 rings (SSSR count). The van der Waals surface area contributed by atoms with Crippen molar-refractivity contribution in [2.45, 2.75) is 26.2 Å². The Morgan fingerprint density at radius 1 is 1.23 bits per heavy atom. The van der Waals surface area contributed by atoms with Gasteiger partial charge >= 0.3 is 0 Å². The van der Waals surface area contributed by atoms with E-state index in [-0.39, 0.29) is 0 Å². The Balaban J connectivity index is 2.45. The molecule has 1 heterocycles. The first-order valence-corrected chi connectivity index (χ1v) is 4.90. The van der Waals surface area contributed by atoms with Crippen molar-refractivity contribution in [2.75, 3.05) is 0 Å². The molecule has 1 aromatic carbocycles. The second-order valence-corrected chi connectivity index (χ2v) is 3.95. The summed E-state index contributed by atoms with van der Waals surface area (Å²) in [5.41, 5.74) is 2.54. The molecule has 0 spiro atoms. The third-order valence-electron chi connectivity index (χ3n) is 2.66. The Labute approximate surface area is 79.5 Å². The van der Waals surface area contributed by atoms with Gasteiger partial charge in [0.1, 0.15) is 0 Å². The van der Waals surface area contributed by atoms with Crippen LogP contribution >= 0.6 is 0 Å². The third-order valence-corrected chi connectivity index (χ3v) is 2.66. The first-order valence-electron chi connectivity index (χ1n) is 4.90. The standard InChI is InChI=1S/C12H15N/c1-9-7-10(2)11-5-3-4-6-12(11)13-8-9/h3-6,8-10H,7H2,1-2H3. The molecule has 0 N–H and O–H groups in total. The maximum absolute atomic E-state index is 4.49. The van der Waals surface area contributed by atoms with E-state index < -0.39 is 0 Å².